The van der Waals surface area contributed by atoms with Gasteiger partial charge < -0.3 is 13.7 Å². The maximum absolute atomic E-state index is 5.77. The van der Waals surface area contributed by atoms with E-state index in [0.29, 0.717) is 0 Å². The van der Waals surface area contributed by atoms with Crippen LogP contribution in [0.25, 0.3) is 121 Å². The van der Waals surface area contributed by atoms with Gasteiger partial charge in [0.05, 0.1) is 61.2 Å². The lowest BCUT2D eigenvalue weighted by atomic mass is 10.1. The highest BCUT2D eigenvalue weighted by Crippen LogP contribution is 2.41. The van der Waals surface area contributed by atoms with E-state index in [1.165, 1.54) is 54.1 Å². The summed E-state index contributed by atoms with van der Waals surface area (Å²) in [4.78, 5) is 5.77. The van der Waals surface area contributed by atoms with Crippen molar-refractivity contribution in [1.82, 2.24) is 23.3 Å². The van der Waals surface area contributed by atoms with Gasteiger partial charge in [-0.05, 0) is 72.8 Å². The molecule has 0 atom stereocenters. The molecule has 0 amide bonds. The van der Waals surface area contributed by atoms with Crippen LogP contribution in [-0.2, 0) is 0 Å². The highest BCUT2D eigenvalue weighted by molar-refractivity contribution is 6.13. The average Bonchev–Trinajstić information content (AvgIpc) is 4.09. The van der Waals surface area contributed by atoms with Crippen molar-refractivity contribution in [2.75, 3.05) is 0 Å². The van der Waals surface area contributed by atoms with Gasteiger partial charge in [-0.2, -0.15) is 0 Å². The molecule has 0 unspecified atom stereocenters. The summed E-state index contributed by atoms with van der Waals surface area (Å²) in [6, 6.07) is 81.4. The molecule has 0 saturated carbocycles. The zero-order chi connectivity index (χ0) is 41.9. The molecule has 0 N–H and O–H groups in total. The largest absolute Gasteiger partial charge is 0.309 e. The summed E-state index contributed by atoms with van der Waals surface area (Å²) in [6.45, 7) is 0. The van der Waals surface area contributed by atoms with Crippen LogP contribution in [0.2, 0.25) is 0 Å². The lowest BCUT2D eigenvalue weighted by Crippen LogP contribution is -2.05. The molecule has 5 heterocycles. The Morgan fingerprint density at radius 1 is 0.250 bits per heavy atom. The fourth-order valence-electron chi connectivity index (χ4n) is 10.7. The summed E-state index contributed by atoms with van der Waals surface area (Å²) in [5, 5.41) is 9.73. The van der Waals surface area contributed by atoms with Crippen LogP contribution < -0.4 is 0 Å². The van der Waals surface area contributed by atoms with E-state index in [2.05, 4.69) is 243 Å². The summed E-state index contributed by atoms with van der Waals surface area (Å²) in [5.41, 5.74) is 14.2. The molecular weight excluding hydrogens is 779 g/mol. The van der Waals surface area contributed by atoms with Gasteiger partial charge in [-0.3, -0.25) is 4.57 Å². The molecule has 0 fully saturated rings. The van der Waals surface area contributed by atoms with Crippen LogP contribution in [0.1, 0.15) is 0 Å². The van der Waals surface area contributed by atoms with E-state index in [1.54, 1.807) is 0 Å². The first-order chi connectivity index (χ1) is 31.8. The molecule has 0 radical (unpaired) electrons. The minimum atomic E-state index is 0.853. The van der Waals surface area contributed by atoms with Crippen molar-refractivity contribution in [3.05, 3.63) is 224 Å². The number of fused-ring (bicyclic) bond motifs is 12. The molecule has 0 saturated heterocycles. The molecule has 5 aromatic heterocycles. The van der Waals surface area contributed by atoms with Gasteiger partial charge in [0.2, 0.25) is 0 Å². The van der Waals surface area contributed by atoms with Crippen LogP contribution >= 0.6 is 0 Å². The molecule has 0 aliphatic carbocycles. The Hall–Kier alpha value is -8.67. The van der Waals surface area contributed by atoms with Gasteiger partial charge in [0.25, 0.3) is 0 Å². The fourth-order valence-corrected chi connectivity index (χ4v) is 10.7. The number of pyridine rings is 1. The second-order valence-corrected chi connectivity index (χ2v) is 16.7. The van der Waals surface area contributed by atoms with Gasteiger partial charge in [0.1, 0.15) is 5.82 Å². The van der Waals surface area contributed by atoms with E-state index in [0.717, 1.165) is 67.2 Å². The first-order valence-electron chi connectivity index (χ1n) is 21.9. The third kappa shape index (κ3) is 4.92. The van der Waals surface area contributed by atoms with Gasteiger partial charge in [-0.15, -0.1) is 0 Å². The highest BCUT2D eigenvalue weighted by atomic mass is 15.1. The SMILES string of the molecule is c1ccc2c(c1)c1ccccc1n2-c1cc(-c2ccc(-n3c4ccccc4c4ccccc43)cc2-n2c3ccccc3c3ccccc32)nc(-n2c3ccccc3c3ccccc32)c1. The minimum absolute atomic E-state index is 0.853. The van der Waals surface area contributed by atoms with E-state index in [9.17, 15) is 0 Å². The Labute approximate surface area is 367 Å². The molecule has 0 bridgehead atoms. The van der Waals surface area contributed by atoms with Gasteiger partial charge in [0, 0.05) is 60.4 Å². The Morgan fingerprint density at radius 2 is 0.562 bits per heavy atom. The molecule has 5 nitrogen and oxygen atoms in total. The van der Waals surface area contributed by atoms with E-state index in [-0.39, 0.29) is 0 Å². The normalized spacial score (nSPS) is 12.1. The zero-order valence-corrected chi connectivity index (χ0v) is 34.6. The summed E-state index contributed by atoms with van der Waals surface area (Å²) in [6.07, 6.45) is 0. The maximum Gasteiger partial charge on any atom is 0.140 e. The predicted molar refractivity (Wildman–Crippen MR) is 267 cm³/mol. The van der Waals surface area contributed by atoms with Crippen molar-refractivity contribution < 1.29 is 0 Å². The monoisotopic (exact) mass is 815 g/mol. The Kier molecular flexibility index (Phi) is 7.33. The second kappa shape index (κ2) is 13.4. The van der Waals surface area contributed by atoms with Crippen LogP contribution in [0, 0.1) is 0 Å². The van der Waals surface area contributed by atoms with Crippen molar-refractivity contribution in [3.8, 4) is 34.1 Å². The summed E-state index contributed by atoms with van der Waals surface area (Å²) < 4.78 is 9.63. The van der Waals surface area contributed by atoms with Crippen molar-refractivity contribution in [2.24, 2.45) is 0 Å². The van der Waals surface area contributed by atoms with Gasteiger partial charge in [-0.25, -0.2) is 4.98 Å². The Bertz CT molecular complexity index is 3870. The molecule has 5 heteroatoms. The first kappa shape index (κ1) is 35.0. The van der Waals surface area contributed by atoms with Crippen LogP contribution in [0.3, 0.4) is 0 Å². The molecule has 298 valence electrons. The van der Waals surface area contributed by atoms with Crippen LogP contribution in [0.4, 0.5) is 0 Å². The zero-order valence-electron chi connectivity index (χ0n) is 34.6. The van der Waals surface area contributed by atoms with Crippen molar-refractivity contribution in [3.63, 3.8) is 0 Å². The van der Waals surface area contributed by atoms with E-state index in [1.807, 2.05) is 0 Å². The Balaban J connectivity index is 1.13. The lowest BCUT2D eigenvalue weighted by Gasteiger charge is -2.19. The number of aromatic nitrogens is 5. The topological polar surface area (TPSA) is 32.6 Å². The average molecular weight is 816 g/mol. The molecular formula is C59H37N5. The van der Waals surface area contributed by atoms with E-state index < -0.39 is 0 Å². The van der Waals surface area contributed by atoms with Crippen LogP contribution in [0.15, 0.2) is 224 Å². The Morgan fingerprint density at radius 3 is 0.938 bits per heavy atom. The van der Waals surface area contributed by atoms with Crippen molar-refractivity contribution in [2.45, 2.75) is 0 Å². The fraction of sp³-hybridized carbons (Fsp3) is 0. The van der Waals surface area contributed by atoms with E-state index in [4.69, 9.17) is 4.98 Å². The quantitative estimate of drug-likeness (QED) is 0.170. The third-order valence-electron chi connectivity index (χ3n) is 13.4. The standard InChI is InChI=1S/C59H37N5/c1-9-25-50-40(17-1)41-18-2-10-26-51(41)61(50)38-33-34-48(58(36-38)63-54-29-13-5-21-44(54)45-22-6-14-30-55(45)63)49-35-39(62-52-27-11-3-19-42(52)43-20-4-12-28-53(43)62)37-59(60-49)64-56-31-15-7-23-46(56)47-24-8-16-32-57(47)64/h1-37H. The van der Waals surface area contributed by atoms with E-state index >= 15 is 0 Å². The third-order valence-corrected chi connectivity index (χ3v) is 13.4. The predicted octanol–water partition coefficient (Wildman–Crippen LogP) is 15.1. The number of nitrogens with zero attached hydrogens (tertiary/aromatic N) is 5. The number of para-hydroxylation sites is 8. The van der Waals surface area contributed by atoms with Gasteiger partial charge >= 0.3 is 0 Å². The van der Waals surface area contributed by atoms with Crippen molar-refractivity contribution in [1.29, 1.82) is 0 Å². The number of hydrogen-bond donors (Lipinski definition) is 0. The molecule has 14 rings (SSSR count). The summed E-state index contributed by atoms with van der Waals surface area (Å²) in [5.74, 6) is 0.853. The molecule has 0 aliphatic heterocycles. The second-order valence-electron chi connectivity index (χ2n) is 16.7. The lowest BCUT2D eigenvalue weighted by molar-refractivity contribution is 1.06. The minimum Gasteiger partial charge on any atom is -0.309 e. The maximum atomic E-state index is 5.77. The first-order valence-corrected chi connectivity index (χ1v) is 21.9. The molecule has 9 aromatic carbocycles. The highest BCUT2D eigenvalue weighted by Gasteiger charge is 2.23. The van der Waals surface area contributed by atoms with Crippen molar-refractivity contribution >= 4 is 87.2 Å². The molecule has 64 heavy (non-hydrogen) atoms. The summed E-state index contributed by atoms with van der Waals surface area (Å²) in [7, 11) is 0. The van der Waals surface area contributed by atoms with Gasteiger partial charge in [0.15, 0.2) is 0 Å². The van der Waals surface area contributed by atoms with Crippen LogP contribution in [-0.4, -0.2) is 23.3 Å². The number of hydrogen-bond acceptors (Lipinski definition) is 1. The van der Waals surface area contributed by atoms with Crippen LogP contribution in [0.5, 0.6) is 0 Å². The molecule has 14 aromatic rings. The van der Waals surface area contributed by atoms with Gasteiger partial charge in [-0.1, -0.05) is 146 Å². The number of benzene rings is 9. The molecule has 0 spiro atoms. The number of rotatable bonds is 5. The smallest absolute Gasteiger partial charge is 0.140 e. The molecule has 0 aliphatic rings. The summed E-state index contributed by atoms with van der Waals surface area (Å²) >= 11 is 0.